The molecule has 3 aromatic carbocycles. The third-order valence-electron chi connectivity index (χ3n) is 4.09. The van der Waals surface area contributed by atoms with Crippen LogP contribution < -0.4 is 4.31 Å². The van der Waals surface area contributed by atoms with Crippen LogP contribution in [0.5, 0.6) is 5.75 Å². The van der Waals surface area contributed by atoms with Gasteiger partial charge in [0.25, 0.3) is 17.0 Å². The first-order chi connectivity index (χ1) is 13.8. The first-order valence-electron chi connectivity index (χ1n) is 8.10. The number of nitro benzene ring substituents is 1. The van der Waals surface area contributed by atoms with Gasteiger partial charge in [-0.25, -0.2) is 13.3 Å². The second kappa shape index (κ2) is 8.09. The molecule has 0 saturated carbocycles. The zero-order valence-corrected chi connectivity index (χ0v) is 15.4. The average molecular weight is 414 g/mol. The minimum absolute atomic E-state index is 0.0583. The number of nitrogens with zero attached hydrogens (tertiary/aromatic N) is 2. The molecule has 29 heavy (non-hydrogen) atoms. The molecule has 3 aromatic rings. The van der Waals surface area contributed by atoms with Gasteiger partial charge in [0.1, 0.15) is 11.3 Å². The number of carbonyl (C=O) groups is 1. The fourth-order valence-corrected chi connectivity index (χ4v) is 3.33. The lowest BCUT2D eigenvalue weighted by atomic mass is 10.0. The molecule has 9 nitrogen and oxygen atoms in total. The molecule has 0 aromatic heterocycles. The number of non-ortho nitro benzene ring substituents is 1. The number of benzene rings is 3. The van der Waals surface area contributed by atoms with Crippen LogP contribution in [-0.2, 0) is 11.3 Å². The van der Waals surface area contributed by atoms with E-state index in [0.717, 1.165) is 16.4 Å². The monoisotopic (exact) mass is 414 g/mol. The molecule has 0 amide bonds. The van der Waals surface area contributed by atoms with Crippen LogP contribution in [0.25, 0.3) is 11.1 Å². The van der Waals surface area contributed by atoms with Crippen LogP contribution in [-0.4, -0.2) is 29.9 Å². The van der Waals surface area contributed by atoms with Crippen LogP contribution in [0.1, 0.15) is 10.4 Å². The lowest BCUT2D eigenvalue weighted by Crippen LogP contribution is -2.19. The van der Waals surface area contributed by atoms with Crippen molar-refractivity contribution >= 4 is 34.3 Å². The van der Waals surface area contributed by atoms with Gasteiger partial charge in [0.15, 0.2) is 0 Å². The molecule has 10 heteroatoms. The maximum absolute atomic E-state index is 12.0. The molecule has 0 radical (unpaired) electrons. The van der Waals surface area contributed by atoms with Gasteiger partial charge in [-0.3, -0.25) is 14.7 Å². The lowest BCUT2D eigenvalue weighted by Gasteiger charge is -2.21. The Morgan fingerprint density at radius 2 is 1.62 bits per heavy atom. The van der Waals surface area contributed by atoms with E-state index in [4.69, 9.17) is 5.11 Å². The number of aromatic carboxylic acids is 1. The molecule has 0 bridgehead atoms. The van der Waals surface area contributed by atoms with E-state index in [1.807, 2.05) is 0 Å². The van der Waals surface area contributed by atoms with Gasteiger partial charge in [0.2, 0.25) is 0 Å². The number of aromatic hydroxyl groups is 1. The molecule has 148 valence electrons. The smallest absolute Gasteiger partial charge is 0.339 e. The van der Waals surface area contributed by atoms with E-state index in [1.54, 1.807) is 36.4 Å². The number of nitro groups is 1. The van der Waals surface area contributed by atoms with Crippen LogP contribution in [0, 0.1) is 10.1 Å². The summed E-state index contributed by atoms with van der Waals surface area (Å²) < 4.78 is 22.7. The fourth-order valence-electron chi connectivity index (χ4n) is 2.74. The van der Waals surface area contributed by atoms with Gasteiger partial charge in [-0.1, -0.05) is 12.1 Å². The van der Waals surface area contributed by atoms with Crippen LogP contribution >= 0.6 is 0 Å². The first kappa shape index (κ1) is 20.0. The summed E-state index contributed by atoms with van der Waals surface area (Å²) in [6.45, 7) is 0. The summed E-state index contributed by atoms with van der Waals surface area (Å²) in [5.74, 6) is -1.87. The third kappa shape index (κ3) is 4.23. The Morgan fingerprint density at radius 1 is 0.966 bits per heavy atom. The van der Waals surface area contributed by atoms with Gasteiger partial charge in [-0.05, 0) is 47.5 Å². The highest BCUT2D eigenvalue weighted by molar-refractivity contribution is 7.81. The van der Waals surface area contributed by atoms with Crippen molar-refractivity contribution < 1.29 is 28.7 Å². The number of carboxylic acids is 1. The van der Waals surface area contributed by atoms with Crippen molar-refractivity contribution in [3.05, 3.63) is 82.4 Å². The number of rotatable bonds is 6. The molecule has 3 N–H and O–H groups in total. The molecule has 0 aliphatic rings. The summed E-state index contributed by atoms with van der Waals surface area (Å²) in [5.41, 5.74) is 1.30. The second-order valence-electron chi connectivity index (χ2n) is 5.89. The predicted molar refractivity (Wildman–Crippen MR) is 107 cm³/mol. The van der Waals surface area contributed by atoms with E-state index < -0.39 is 27.9 Å². The largest absolute Gasteiger partial charge is 0.507 e. The zero-order chi connectivity index (χ0) is 21.1. The van der Waals surface area contributed by atoms with E-state index in [2.05, 4.69) is 0 Å². The van der Waals surface area contributed by atoms with Gasteiger partial charge in [0.05, 0.1) is 16.3 Å². The Balaban J connectivity index is 2.02. The van der Waals surface area contributed by atoms with Crippen LogP contribution in [0.15, 0.2) is 66.7 Å². The minimum Gasteiger partial charge on any atom is -0.507 e. The Bertz CT molecular complexity index is 1120. The summed E-state index contributed by atoms with van der Waals surface area (Å²) in [6.07, 6.45) is 0. The molecular weight excluding hydrogens is 400 g/mol. The van der Waals surface area contributed by atoms with Crippen LogP contribution in [0.4, 0.5) is 17.1 Å². The highest BCUT2D eigenvalue weighted by Crippen LogP contribution is 2.33. The van der Waals surface area contributed by atoms with E-state index in [0.29, 0.717) is 16.8 Å². The van der Waals surface area contributed by atoms with Crippen molar-refractivity contribution in [2.75, 3.05) is 4.31 Å². The van der Waals surface area contributed by atoms with Crippen molar-refractivity contribution in [2.24, 2.45) is 0 Å². The van der Waals surface area contributed by atoms with Gasteiger partial charge in [0, 0.05) is 18.2 Å². The summed E-state index contributed by atoms with van der Waals surface area (Å²) in [4.78, 5) is 21.3. The van der Waals surface area contributed by atoms with Crippen LogP contribution in [0.2, 0.25) is 0 Å². The predicted octanol–water partition coefficient (Wildman–Crippen LogP) is 3.94. The molecule has 0 heterocycles. The molecule has 0 fully saturated rings. The summed E-state index contributed by atoms with van der Waals surface area (Å²) in [5, 5.41) is 29.7. The number of anilines is 2. The van der Waals surface area contributed by atoms with E-state index in [9.17, 15) is 28.8 Å². The normalized spacial score (nSPS) is 11.6. The lowest BCUT2D eigenvalue weighted by molar-refractivity contribution is -0.384. The van der Waals surface area contributed by atoms with E-state index in [-0.39, 0.29) is 16.9 Å². The second-order valence-corrected chi connectivity index (χ2v) is 6.71. The van der Waals surface area contributed by atoms with Gasteiger partial charge < -0.3 is 10.2 Å². The fraction of sp³-hybridized carbons (Fsp3) is 0. The van der Waals surface area contributed by atoms with Crippen molar-refractivity contribution in [1.29, 1.82) is 0 Å². The highest BCUT2D eigenvalue weighted by Gasteiger charge is 2.19. The third-order valence-corrected chi connectivity index (χ3v) is 4.83. The molecule has 0 aliphatic carbocycles. The summed E-state index contributed by atoms with van der Waals surface area (Å²) in [7, 11) is 0. The number of carboxylic acid groups (broad SMARTS) is 1. The maximum Gasteiger partial charge on any atom is 0.339 e. The van der Waals surface area contributed by atoms with Gasteiger partial charge in [-0.2, -0.15) is 0 Å². The van der Waals surface area contributed by atoms with Crippen molar-refractivity contribution in [3.63, 3.8) is 0 Å². The van der Waals surface area contributed by atoms with Gasteiger partial charge >= 0.3 is 5.97 Å². The zero-order valence-electron chi connectivity index (χ0n) is 14.6. The number of hydrogen-bond donors (Lipinski definition) is 3. The SMILES string of the molecule is O=C(O)c1ccc(N(c2cccc(-c3ccc([N+](=O)[O-])cc3)c2)S(=O)O)cc1O. The Labute approximate surface area is 167 Å². The molecule has 0 saturated heterocycles. The summed E-state index contributed by atoms with van der Waals surface area (Å²) >= 11 is -2.52. The Kier molecular flexibility index (Phi) is 5.57. The molecule has 0 spiro atoms. The van der Waals surface area contributed by atoms with Crippen LogP contribution in [0.3, 0.4) is 0 Å². The van der Waals surface area contributed by atoms with Crippen molar-refractivity contribution in [1.82, 2.24) is 0 Å². The summed E-state index contributed by atoms with van der Waals surface area (Å²) in [6, 6.07) is 15.9. The Morgan fingerprint density at radius 3 is 2.17 bits per heavy atom. The molecular formula is C19H14N2O7S. The number of phenols is 1. The molecule has 1 atom stereocenters. The van der Waals surface area contributed by atoms with Gasteiger partial charge in [-0.15, -0.1) is 0 Å². The van der Waals surface area contributed by atoms with E-state index >= 15 is 0 Å². The Hall–Kier alpha value is -3.76. The molecule has 3 rings (SSSR count). The molecule has 0 aliphatic heterocycles. The maximum atomic E-state index is 12.0. The van der Waals surface area contributed by atoms with Crippen molar-refractivity contribution in [2.45, 2.75) is 0 Å². The standard InChI is InChI=1S/C19H14N2O7S/c22-18-11-16(8-9-17(18)19(23)24)20(29(27)28)15-3-1-2-13(10-15)12-4-6-14(7-5-12)21(25)26/h1-11,22H,(H,23,24)(H,27,28). The number of hydrogen-bond acceptors (Lipinski definition) is 5. The van der Waals surface area contributed by atoms with E-state index in [1.165, 1.54) is 18.2 Å². The highest BCUT2D eigenvalue weighted by atomic mass is 32.2. The minimum atomic E-state index is -2.52. The topological polar surface area (TPSA) is 141 Å². The van der Waals surface area contributed by atoms with Crippen molar-refractivity contribution in [3.8, 4) is 16.9 Å². The average Bonchev–Trinajstić information content (AvgIpc) is 2.68. The quantitative estimate of drug-likeness (QED) is 0.315. The first-order valence-corrected chi connectivity index (χ1v) is 9.16. The molecule has 1 unspecified atom stereocenters.